The number of rotatable bonds is 4. The Morgan fingerprint density at radius 2 is 2.54 bits per heavy atom. The number of halogens is 1. The molecule has 70 valence electrons. The third kappa shape index (κ3) is 3.29. The van der Waals surface area contributed by atoms with Crippen LogP contribution in [0.4, 0.5) is 5.95 Å². The van der Waals surface area contributed by atoms with Gasteiger partial charge in [-0.05, 0) is 0 Å². The van der Waals surface area contributed by atoms with Gasteiger partial charge in [-0.3, -0.25) is 0 Å². The van der Waals surface area contributed by atoms with Gasteiger partial charge in [0.15, 0.2) is 0 Å². The molecule has 0 radical (unpaired) electrons. The number of hydrogen-bond acceptors (Lipinski definition) is 4. The number of ether oxygens (including phenoxy) is 1. The Morgan fingerprint density at radius 3 is 3.15 bits per heavy atom. The van der Waals surface area contributed by atoms with Crippen molar-refractivity contribution in [3.63, 3.8) is 0 Å². The van der Waals surface area contributed by atoms with Crippen LogP contribution in [-0.4, -0.2) is 23.6 Å². The van der Waals surface area contributed by atoms with Crippen molar-refractivity contribution in [2.24, 2.45) is 0 Å². The standard InChI is InChI=1S/C8H10ClN3O/c1-6(9)5-11-8-10-4-3-7(12-8)13-2/h3-4H,1,5H2,2H3,(H,10,11,12). The van der Waals surface area contributed by atoms with E-state index in [0.29, 0.717) is 23.4 Å². The molecule has 0 aliphatic heterocycles. The molecular formula is C8H10ClN3O. The first-order valence-corrected chi connectivity index (χ1v) is 4.04. The van der Waals surface area contributed by atoms with E-state index in [1.807, 2.05) is 0 Å². The smallest absolute Gasteiger partial charge is 0.226 e. The largest absolute Gasteiger partial charge is 0.481 e. The molecule has 1 aromatic rings. The SMILES string of the molecule is C=C(Cl)CNc1nccc(OC)n1. The van der Waals surface area contributed by atoms with E-state index in [4.69, 9.17) is 16.3 Å². The molecule has 1 rings (SSSR count). The van der Waals surface area contributed by atoms with Crippen LogP contribution in [0.15, 0.2) is 23.9 Å². The van der Waals surface area contributed by atoms with Gasteiger partial charge in [0.05, 0.1) is 13.7 Å². The molecule has 0 aromatic carbocycles. The Balaban J connectivity index is 2.61. The molecule has 1 N–H and O–H groups in total. The van der Waals surface area contributed by atoms with Gasteiger partial charge in [0.2, 0.25) is 11.8 Å². The second kappa shape index (κ2) is 4.67. The molecule has 0 spiro atoms. The maximum Gasteiger partial charge on any atom is 0.226 e. The van der Waals surface area contributed by atoms with Crippen molar-refractivity contribution in [2.75, 3.05) is 19.0 Å². The molecule has 0 aliphatic carbocycles. The zero-order valence-electron chi connectivity index (χ0n) is 7.25. The topological polar surface area (TPSA) is 47.0 Å². The minimum atomic E-state index is 0.439. The molecule has 1 aromatic heterocycles. The van der Waals surface area contributed by atoms with Crippen LogP contribution in [-0.2, 0) is 0 Å². The molecular weight excluding hydrogens is 190 g/mol. The van der Waals surface area contributed by atoms with Crippen molar-refractivity contribution >= 4 is 17.5 Å². The quantitative estimate of drug-likeness (QED) is 0.801. The maximum atomic E-state index is 5.56. The Labute approximate surface area is 81.6 Å². The molecule has 0 atom stereocenters. The highest BCUT2D eigenvalue weighted by Gasteiger charge is 1.97. The van der Waals surface area contributed by atoms with Crippen LogP contribution in [0.5, 0.6) is 5.88 Å². The Hall–Kier alpha value is -1.29. The van der Waals surface area contributed by atoms with Gasteiger partial charge in [-0.15, -0.1) is 0 Å². The summed E-state index contributed by atoms with van der Waals surface area (Å²) in [5.41, 5.74) is 0. The second-order valence-electron chi connectivity index (χ2n) is 2.29. The van der Waals surface area contributed by atoms with E-state index in [2.05, 4.69) is 21.9 Å². The number of anilines is 1. The third-order valence-electron chi connectivity index (χ3n) is 1.28. The first-order chi connectivity index (χ1) is 6.22. The normalized spacial score (nSPS) is 9.38. The molecule has 0 fully saturated rings. The summed E-state index contributed by atoms with van der Waals surface area (Å²) < 4.78 is 4.92. The predicted octanol–water partition coefficient (Wildman–Crippen LogP) is 1.65. The average molecular weight is 200 g/mol. The van der Waals surface area contributed by atoms with Crippen LogP contribution in [0.25, 0.3) is 0 Å². The van der Waals surface area contributed by atoms with E-state index < -0.39 is 0 Å². The molecule has 0 aliphatic rings. The van der Waals surface area contributed by atoms with Crippen LogP contribution in [0.1, 0.15) is 0 Å². The zero-order chi connectivity index (χ0) is 9.68. The minimum Gasteiger partial charge on any atom is -0.481 e. The van der Waals surface area contributed by atoms with E-state index in [1.54, 1.807) is 19.4 Å². The van der Waals surface area contributed by atoms with Gasteiger partial charge in [-0.1, -0.05) is 18.2 Å². The Kier molecular flexibility index (Phi) is 3.52. The van der Waals surface area contributed by atoms with Crippen LogP contribution in [0, 0.1) is 0 Å². The fourth-order valence-electron chi connectivity index (χ4n) is 0.716. The van der Waals surface area contributed by atoms with Crippen molar-refractivity contribution in [1.82, 2.24) is 9.97 Å². The lowest BCUT2D eigenvalue weighted by atomic mass is 10.6. The second-order valence-corrected chi connectivity index (χ2v) is 2.83. The van der Waals surface area contributed by atoms with Gasteiger partial charge in [0.1, 0.15) is 0 Å². The van der Waals surface area contributed by atoms with Crippen molar-refractivity contribution in [3.05, 3.63) is 23.9 Å². The first kappa shape index (κ1) is 9.80. The lowest BCUT2D eigenvalue weighted by Gasteiger charge is -2.03. The van der Waals surface area contributed by atoms with Gasteiger partial charge in [0.25, 0.3) is 0 Å². The highest BCUT2D eigenvalue weighted by Crippen LogP contribution is 2.07. The molecule has 0 bridgehead atoms. The summed E-state index contributed by atoms with van der Waals surface area (Å²) in [5.74, 6) is 0.985. The van der Waals surface area contributed by atoms with E-state index in [-0.39, 0.29) is 0 Å². The molecule has 0 unspecified atom stereocenters. The molecule has 0 saturated heterocycles. The maximum absolute atomic E-state index is 5.56. The van der Waals surface area contributed by atoms with Crippen LogP contribution >= 0.6 is 11.6 Å². The summed E-state index contributed by atoms with van der Waals surface area (Å²) in [6.07, 6.45) is 1.60. The van der Waals surface area contributed by atoms with Gasteiger partial charge in [-0.25, -0.2) is 4.98 Å². The number of nitrogens with zero attached hydrogens (tertiary/aromatic N) is 2. The summed E-state index contributed by atoms with van der Waals surface area (Å²) in [7, 11) is 1.55. The minimum absolute atomic E-state index is 0.439. The highest BCUT2D eigenvalue weighted by atomic mass is 35.5. The van der Waals surface area contributed by atoms with Crippen LogP contribution < -0.4 is 10.1 Å². The number of hydrogen-bond donors (Lipinski definition) is 1. The van der Waals surface area contributed by atoms with Crippen molar-refractivity contribution in [1.29, 1.82) is 0 Å². The van der Waals surface area contributed by atoms with Crippen LogP contribution in [0.3, 0.4) is 0 Å². The van der Waals surface area contributed by atoms with Gasteiger partial charge in [0, 0.05) is 17.3 Å². The Morgan fingerprint density at radius 1 is 1.77 bits per heavy atom. The van der Waals surface area contributed by atoms with Crippen LogP contribution in [0.2, 0.25) is 0 Å². The average Bonchev–Trinajstić information content (AvgIpc) is 2.15. The summed E-state index contributed by atoms with van der Waals surface area (Å²) in [6.45, 7) is 3.97. The lowest BCUT2D eigenvalue weighted by Crippen LogP contribution is -2.05. The summed E-state index contributed by atoms with van der Waals surface area (Å²) in [4.78, 5) is 7.98. The third-order valence-corrected chi connectivity index (χ3v) is 1.41. The molecule has 0 amide bonds. The molecule has 0 saturated carbocycles. The van der Waals surface area contributed by atoms with Gasteiger partial charge < -0.3 is 10.1 Å². The van der Waals surface area contributed by atoms with E-state index in [1.165, 1.54) is 0 Å². The number of aromatic nitrogens is 2. The summed E-state index contributed by atoms with van der Waals surface area (Å²) in [5, 5.41) is 3.39. The number of methoxy groups -OCH3 is 1. The molecule has 4 nitrogen and oxygen atoms in total. The fraction of sp³-hybridized carbons (Fsp3) is 0.250. The Bertz CT molecular complexity index is 303. The fourth-order valence-corrected chi connectivity index (χ4v) is 0.783. The van der Waals surface area contributed by atoms with E-state index >= 15 is 0 Å². The van der Waals surface area contributed by atoms with Gasteiger partial charge >= 0.3 is 0 Å². The molecule has 5 heteroatoms. The number of nitrogens with one attached hydrogen (secondary N) is 1. The lowest BCUT2D eigenvalue weighted by molar-refractivity contribution is 0.397. The van der Waals surface area contributed by atoms with Crippen molar-refractivity contribution < 1.29 is 4.74 Å². The predicted molar refractivity (Wildman–Crippen MR) is 52.1 cm³/mol. The van der Waals surface area contributed by atoms with Crippen molar-refractivity contribution in [3.8, 4) is 5.88 Å². The molecule has 1 heterocycles. The van der Waals surface area contributed by atoms with Crippen molar-refractivity contribution in [2.45, 2.75) is 0 Å². The van der Waals surface area contributed by atoms with Gasteiger partial charge in [-0.2, -0.15) is 4.98 Å². The van der Waals surface area contributed by atoms with E-state index in [0.717, 1.165) is 0 Å². The summed E-state index contributed by atoms with van der Waals surface area (Å²) in [6, 6.07) is 1.67. The highest BCUT2D eigenvalue weighted by molar-refractivity contribution is 6.29. The first-order valence-electron chi connectivity index (χ1n) is 3.66. The molecule has 13 heavy (non-hydrogen) atoms. The monoisotopic (exact) mass is 199 g/mol. The zero-order valence-corrected chi connectivity index (χ0v) is 8.01. The summed E-state index contributed by atoms with van der Waals surface area (Å²) >= 11 is 5.56. The van der Waals surface area contributed by atoms with E-state index in [9.17, 15) is 0 Å².